The van der Waals surface area contributed by atoms with E-state index in [1.807, 2.05) is 30.3 Å². The first-order valence-electron chi connectivity index (χ1n) is 8.10. The number of amides is 1. The fraction of sp³-hybridized carbons (Fsp3) is 0.611. The molecule has 3 unspecified atom stereocenters. The molecule has 21 heavy (non-hydrogen) atoms. The molecule has 0 radical (unpaired) electrons. The summed E-state index contributed by atoms with van der Waals surface area (Å²) in [6.45, 7) is 10.9. The maximum Gasteiger partial charge on any atom is 0.245 e. The summed E-state index contributed by atoms with van der Waals surface area (Å²) in [6, 6.07) is 10.1. The Hall–Kier alpha value is -1.35. The van der Waals surface area contributed by atoms with Gasteiger partial charge in [0.2, 0.25) is 5.91 Å². The molecule has 1 N–H and O–H groups in total. The van der Waals surface area contributed by atoms with Gasteiger partial charge in [0.25, 0.3) is 0 Å². The monoisotopic (exact) mass is 288 g/mol. The van der Waals surface area contributed by atoms with Gasteiger partial charge in [0.15, 0.2) is 0 Å². The van der Waals surface area contributed by atoms with Crippen molar-refractivity contribution in [3.63, 3.8) is 0 Å². The molecule has 2 rings (SSSR count). The van der Waals surface area contributed by atoms with Crippen LogP contribution in [0.5, 0.6) is 0 Å². The Balaban J connectivity index is 2.33. The minimum atomic E-state index is -0.202. The molecule has 3 heteroatoms. The molecule has 0 bridgehead atoms. The van der Waals surface area contributed by atoms with Crippen molar-refractivity contribution in [1.82, 2.24) is 10.2 Å². The van der Waals surface area contributed by atoms with Crippen molar-refractivity contribution in [1.29, 1.82) is 0 Å². The van der Waals surface area contributed by atoms with Crippen LogP contribution in [0.3, 0.4) is 0 Å². The molecule has 0 aromatic heterocycles. The Morgan fingerprint density at radius 2 is 1.76 bits per heavy atom. The third-order valence-corrected chi connectivity index (χ3v) is 4.45. The van der Waals surface area contributed by atoms with Crippen LogP contribution in [-0.4, -0.2) is 23.0 Å². The van der Waals surface area contributed by atoms with Crippen LogP contribution in [0, 0.1) is 11.8 Å². The molecule has 116 valence electrons. The van der Waals surface area contributed by atoms with E-state index in [2.05, 4.69) is 44.8 Å². The minimum Gasteiger partial charge on any atom is -0.322 e. The van der Waals surface area contributed by atoms with E-state index >= 15 is 0 Å². The van der Waals surface area contributed by atoms with E-state index in [1.54, 1.807) is 0 Å². The summed E-state index contributed by atoms with van der Waals surface area (Å²) in [5.41, 5.74) is 1.06. The highest BCUT2D eigenvalue weighted by Crippen LogP contribution is 2.31. The lowest BCUT2D eigenvalue weighted by atomic mass is 9.97. The van der Waals surface area contributed by atoms with Crippen molar-refractivity contribution in [3.05, 3.63) is 35.9 Å². The second kappa shape index (κ2) is 6.61. The molecular formula is C18H28N2O. The fourth-order valence-corrected chi connectivity index (χ4v) is 3.37. The molecule has 3 nitrogen and oxygen atoms in total. The molecule has 1 heterocycles. The summed E-state index contributed by atoms with van der Waals surface area (Å²) in [5.74, 6) is 1.09. The van der Waals surface area contributed by atoms with Crippen molar-refractivity contribution >= 4 is 5.91 Å². The van der Waals surface area contributed by atoms with Gasteiger partial charge in [0.05, 0.1) is 6.17 Å². The van der Waals surface area contributed by atoms with E-state index in [4.69, 9.17) is 0 Å². The van der Waals surface area contributed by atoms with E-state index in [1.165, 1.54) is 0 Å². The second-order valence-electron chi connectivity index (χ2n) is 6.66. The molecule has 1 saturated heterocycles. The van der Waals surface area contributed by atoms with Crippen molar-refractivity contribution < 1.29 is 4.79 Å². The average molecular weight is 288 g/mol. The zero-order valence-electron chi connectivity index (χ0n) is 13.8. The largest absolute Gasteiger partial charge is 0.322 e. The van der Waals surface area contributed by atoms with Crippen molar-refractivity contribution in [2.45, 2.75) is 59.3 Å². The van der Waals surface area contributed by atoms with Gasteiger partial charge in [-0.15, -0.1) is 0 Å². The molecule has 0 spiro atoms. The zero-order valence-corrected chi connectivity index (χ0v) is 13.8. The number of rotatable bonds is 5. The molecule has 0 saturated carbocycles. The van der Waals surface area contributed by atoms with Crippen molar-refractivity contribution in [3.8, 4) is 0 Å². The number of carbonyl (C=O) groups is 1. The summed E-state index contributed by atoms with van der Waals surface area (Å²) in [4.78, 5) is 15.1. The maximum atomic E-state index is 13.0. The van der Waals surface area contributed by atoms with Gasteiger partial charge in [-0.1, -0.05) is 65.0 Å². The summed E-state index contributed by atoms with van der Waals surface area (Å²) in [5, 5.41) is 3.55. The predicted molar refractivity (Wildman–Crippen MR) is 86.7 cm³/mol. The number of carbonyl (C=O) groups excluding carboxylic acids is 1. The third kappa shape index (κ3) is 3.13. The van der Waals surface area contributed by atoms with Crippen LogP contribution >= 0.6 is 0 Å². The van der Waals surface area contributed by atoms with Gasteiger partial charge in [-0.05, 0) is 23.8 Å². The van der Waals surface area contributed by atoms with Crippen LogP contribution in [0.2, 0.25) is 0 Å². The van der Waals surface area contributed by atoms with E-state index in [9.17, 15) is 4.79 Å². The van der Waals surface area contributed by atoms with Crippen LogP contribution in [0.15, 0.2) is 30.3 Å². The summed E-state index contributed by atoms with van der Waals surface area (Å²) >= 11 is 0. The number of nitrogens with zero attached hydrogens (tertiary/aromatic N) is 1. The lowest BCUT2D eigenvalue weighted by Crippen LogP contribution is -2.49. The van der Waals surface area contributed by atoms with Gasteiger partial charge in [-0.2, -0.15) is 0 Å². The van der Waals surface area contributed by atoms with Crippen molar-refractivity contribution in [2.75, 3.05) is 0 Å². The molecule has 1 aliphatic heterocycles. The van der Waals surface area contributed by atoms with Gasteiger partial charge in [0, 0.05) is 6.04 Å². The lowest BCUT2D eigenvalue weighted by Gasteiger charge is -2.36. The molecule has 3 atom stereocenters. The van der Waals surface area contributed by atoms with Crippen LogP contribution in [0.25, 0.3) is 0 Å². The Bertz CT molecular complexity index is 469. The first-order valence-corrected chi connectivity index (χ1v) is 8.10. The minimum absolute atomic E-state index is 0.120. The lowest BCUT2D eigenvalue weighted by molar-refractivity contribution is -0.134. The molecule has 0 aliphatic carbocycles. The molecular weight excluding hydrogens is 260 g/mol. The zero-order chi connectivity index (χ0) is 15.6. The van der Waals surface area contributed by atoms with Gasteiger partial charge in [-0.3, -0.25) is 10.1 Å². The van der Waals surface area contributed by atoms with Crippen LogP contribution in [0.4, 0.5) is 0 Å². The number of hydrogen-bond donors (Lipinski definition) is 1. The first kappa shape index (κ1) is 16.0. The Morgan fingerprint density at radius 1 is 1.14 bits per heavy atom. The standard InChI is InChI=1S/C18H28N2O/c1-6-15(12(2)3)20-17(13(4)5)19-16(18(20)21)14-10-8-7-9-11-14/h7-13,15-17,19H,6H2,1-5H3. The maximum absolute atomic E-state index is 13.0. The van der Waals surface area contributed by atoms with Gasteiger partial charge < -0.3 is 4.90 Å². The summed E-state index contributed by atoms with van der Waals surface area (Å²) in [6.07, 6.45) is 1.12. The average Bonchev–Trinajstić information content (AvgIpc) is 2.79. The Morgan fingerprint density at radius 3 is 2.24 bits per heavy atom. The molecule has 1 amide bonds. The molecule has 1 aromatic carbocycles. The van der Waals surface area contributed by atoms with Crippen LogP contribution in [0.1, 0.15) is 52.6 Å². The smallest absolute Gasteiger partial charge is 0.245 e. The topological polar surface area (TPSA) is 32.3 Å². The van der Waals surface area contributed by atoms with Crippen LogP contribution in [-0.2, 0) is 4.79 Å². The van der Waals surface area contributed by atoms with Gasteiger partial charge >= 0.3 is 0 Å². The SMILES string of the molecule is CCC(C(C)C)N1C(=O)C(c2ccccc2)NC1C(C)C. The number of benzene rings is 1. The van der Waals surface area contributed by atoms with E-state index in [-0.39, 0.29) is 18.1 Å². The summed E-state index contributed by atoms with van der Waals surface area (Å²) in [7, 11) is 0. The Labute approximate surface area is 128 Å². The quantitative estimate of drug-likeness (QED) is 0.898. The van der Waals surface area contributed by atoms with E-state index < -0.39 is 0 Å². The first-order chi connectivity index (χ1) is 9.97. The third-order valence-electron chi connectivity index (χ3n) is 4.45. The second-order valence-corrected chi connectivity index (χ2v) is 6.66. The van der Waals surface area contributed by atoms with Gasteiger partial charge in [0.1, 0.15) is 6.04 Å². The highest BCUT2D eigenvalue weighted by molar-refractivity contribution is 5.86. The van der Waals surface area contributed by atoms with E-state index in [0.29, 0.717) is 17.9 Å². The van der Waals surface area contributed by atoms with Crippen LogP contribution < -0.4 is 5.32 Å². The normalized spacial score (nSPS) is 24.1. The highest BCUT2D eigenvalue weighted by atomic mass is 16.2. The van der Waals surface area contributed by atoms with Gasteiger partial charge in [-0.25, -0.2) is 0 Å². The molecule has 1 aromatic rings. The number of hydrogen-bond acceptors (Lipinski definition) is 2. The van der Waals surface area contributed by atoms with Crippen molar-refractivity contribution in [2.24, 2.45) is 11.8 Å². The predicted octanol–water partition coefficient (Wildman–Crippen LogP) is 3.58. The molecule has 1 fully saturated rings. The highest BCUT2D eigenvalue weighted by Gasteiger charge is 2.44. The number of nitrogens with one attached hydrogen (secondary N) is 1. The fourth-order valence-electron chi connectivity index (χ4n) is 3.37. The Kier molecular flexibility index (Phi) is 5.04. The summed E-state index contributed by atoms with van der Waals surface area (Å²) < 4.78 is 0. The molecule has 1 aliphatic rings. The van der Waals surface area contributed by atoms with E-state index in [0.717, 1.165) is 12.0 Å².